The minimum atomic E-state index is -0.803. The molecule has 0 aliphatic carbocycles. The van der Waals surface area contributed by atoms with Crippen LogP contribution in [0.4, 0.5) is 0 Å². The van der Waals surface area contributed by atoms with Crippen molar-refractivity contribution in [2.75, 3.05) is 13.2 Å². The Balaban J connectivity index is 4.25. The highest BCUT2D eigenvalue weighted by molar-refractivity contribution is 5.71. The van der Waals surface area contributed by atoms with Crippen molar-refractivity contribution >= 4 is 17.9 Å². The second-order valence-electron chi connectivity index (χ2n) is 22.4. The summed E-state index contributed by atoms with van der Waals surface area (Å²) in [5.41, 5.74) is 0. The lowest BCUT2D eigenvalue weighted by atomic mass is 10.0. The molecule has 0 N–H and O–H groups in total. The second kappa shape index (κ2) is 66.1. The molecule has 0 aliphatic heterocycles. The molecule has 0 saturated heterocycles. The van der Waals surface area contributed by atoms with Crippen LogP contribution in [0.3, 0.4) is 0 Å². The highest BCUT2D eigenvalue weighted by atomic mass is 16.6. The number of allylic oxidation sites excluding steroid dienone is 14. The molecule has 0 fully saturated rings. The van der Waals surface area contributed by atoms with Crippen molar-refractivity contribution < 1.29 is 28.6 Å². The molecule has 0 radical (unpaired) electrons. The first kappa shape index (κ1) is 74.6. The van der Waals surface area contributed by atoms with Gasteiger partial charge < -0.3 is 14.2 Å². The zero-order chi connectivity index (χ0) is 56.4. The van der Waals surface area contributed by atoms with E-state index in [0.29, 0.717) is 19.3 Å². The fourth-order valence-corrected chi connectivity index (χ4v) is 9.61. The minimum Gasteiger partial charge on any atom is -0.462 e. The molecule has 6 nitrogen and oxygen atoms in total. The third-order valence-electron chi connectivity index (χ3n) is 14.6. The number of carbonyl (C=O) groups excluding carboxylic acids is 3. The van der Waals surface area contributed by atoms with Gasteiger partial charge in [0, 0.05) is 19.3 Å². The number of esters is 3. The van der Waals surface area contributed by atoms with Crippen LogP contribution in [-0.2, 0) is 28.6 Å². The highest BCUT2D eigenvalue weighted by Crippen LogP contribution is 2.18. The van der Waals surface area contributed by atoms with Crippen molar-refractivity contribution in [2.45, 2.75) is 341 Å². The summed E-state index contributed by atoms with van der Waals surface area (Å²) in [6.07, 6.45) is 87.6. The van der Waals surface area contributed by atoms with Crippen LogP contribution in [0.15, 0.2) is 85.1 Å². The van der Waals surface area contributed by atoms with Crippen LogP contribution >= 0.6 is 0 Å². The Morgan fingerprint density at radius 2 is 0.513 bits per heavy atom. The van der Waals surface area contributed by atoms with Crippen LogP contribution in [0, 0.1) is 0 Å². The molecule has 0 aromatic rings. The first-order valence-electron chi connectivity index (χ1n) is 33.6. The number of ether oxygens (including phenoxy) is 3. The standard InChI is InChI=1S/C72H126O6/c1-4-7-10-13-16-19-22-24-26-28-30-32-33-34-35-36-37-38-40-41-43-45-47-50-53-56-59-62-65-71(74)77-68-69(67-76-70(73)64-61-58-55-52-49-21-18-15-12-9-6-3)78-72(75)66-63-60-57-54-51-48-46-44-42-39-31-29-27-25-23-20-17-14-11-8-5-2/h8,11,15,17-18,20,25,27,31,39,44,46,51,54,69H,4-7,9-10,12-14,16,19,21-24,26,28-30,32-38,40-43,45,47-50,52-53,55-68H2,1-3H3/b11-8-,18-15-,20-17-,27-25-,39-31-,46-44-,54-51-. The van der Waals surface area contributed by atoms with Crippen LogP contribution in [0.25, 0.3) is 0 Å². The quantitative estimate of drug-likeness (QED) is 0.0261. The van der Waals surface area contributed by atoms with E-state index in [1.807, 2.05) is 0 Å². The Labute approximate surface area is 484 Å². The lowest BCUT2D eigenvalue weighted by Gasteiger charge is -2.18. The smallest absolute Gasteiger partial charge is 0.306 e. The molecule has 78 heavy (non-hydrogen) atoms. The van der Waals surface area contributed by atoms with Crippen LogP contribution in [-0.4, -0.2) is 37.2 Å². The maximum Gasteiger partial charge on any atom is 0.306 e. The molecule has 0 rings (SSSR count). The van der Waals surface area contributed by atoms with Crippen molar-refractivity contribution in [1.82, 2.24) is 0 Å². The van der Waals surface area contributed by atoms with Gasteiger partial charge in [0.1, 0.15) is 13.2 Å². The predicted molar refractivity (Wildman–Crippen MR) is 339 cm³/mol. The number of carbonyl (C=O) groups is 3. The molecule has 0 spiro atoms. The van der Waals surface area contributed by atoms with Crippen molar-refractivity contribution in [3.05, 3.63) is 85.1 Å². The number of unbranched alkanes of at least 4 members (excludes halogenated alkanes) is 36. The molecule has 0 saturated carbocycles. The van der Waals surface area contributed by atoms with Gasteiger partial charge in [0.25, 0.3) is 0 Å². The van der Waals surface area contributed by atoms with Gasteiger partial charge in [-0.1, -0.05) is 311 Å². The molecule has 0 aliphatic rings. The Hall–Kier alpha value is -3.41. The fourth-order valence-electron chi connectivity index (χ4n) is 9.61. The zero-order valence-electron chi connectivity index (χ0n) is 51.7. The molecule has 0 aromatic carbocycles. The van der Waals surface area contributed by atoms with E-state index in [-0.39, 0.29) is 37.5 Å². The van der Waals surface area contributed by atoms with Crippen molar-refractivity contribution in [3.8, 4) is 0 Å². The van der Waals surface area contributed by atoms with Gasteiger partial charge in [-0.05, 0) is 89.9 Å². The topological polar surface area (TPSA) is 78.9 Å². The summed E-state index contributed by atoms with van der Waals surface area (Å²) in [6, 6.07) is 0. The summed E-state index contributed by atoms with van der Waals surface area (Å²) in [7, 11) is 0. The average Bonchev–Trinajstić information content (AvgIpc) is 3.44. The third-order valence-corrected chi connectivity index (χ3v) is 14.6. The molecular formula is C72H126O6. The normalized spacial score (nSPS) is 12.6. The third kappa shape index (κ3) is 63.4. The van der Waals surface area contributed by atoms with Gasteiger partial charge in [-0.3, -0.25) is 14.4 Å². The molecule has 1 unspecified atom stereocenters. The van der Waals surface area contributed by atoms with E-state index in [1.54, 1.807) is 0 Å². The first-order valence-corrected chi connectivity index (χ1v) is 33.6. The minimum absolute atomic E-state index is 0.0944. The van der Waals surface area contributed by atoms with Crippen molar-refractivity contribution in [2.24, 2.45) is 0 Å². The first-order chi connectivity index (χ1) is 38.5. The maximum atomic E-state index is 12.9. The molecule has 0 aromatic heterocycles. The van der Waals surface area contributed by atoms with Gasteiger partial charge in [-0.15, -0.1) is 0 Å². The maximum absolute atomic E-state index is 12.9. The molecule has 450 valence electrons. The monoisotopic (exact) mass is 1090 g/mol. The number of rotatable bonds is 61. The van der Waals surface area contributed by atoms with E-state index in [0.717, 1.165) is 103 Å². The summed E-state index contributed by atoms with van der Waals surface area (Å²) in [4.78, 5) is 38.3. The van der Waals surface area contributed by atoms with Crippen molar-refractivity contribution in [3.63, 3.8) is 0 Å². The van der Waals surface area contributed by atoms with Gasteiger partial charge in [0.2, 0.25) is 0 Å². The van der Waals surface area contributed by atoms with Gasteiger partial charge in [-0.2, -0.15) is 0 Å². The summed E-state index contributed by atoms with van der Waals surface area (Å²) in [6.45, 7) is 6.48. The summed E-state index contributed by atoms with van der Waals surface area (Å²) >= 11 is 0. The summed E-state index contributed by atoms with van der Waals surface area (Å²) in [5, 5.41) is 0. The Morgan fingerprint density at radius 1 is 0.269 bits per heavy atom. The van der Waals surface area contributed by atoms with Crippen LogP contribution in [0.1, 0.15) is 335 Å². The van der Waals surface area contributed by atoms with Crippen molar-refractivity contribution in [1.29, 1.82) is 0 Å². The lowest BCUT2D eigenvalue weighted by molar-refractivity contribution is -0.167. The average molecular weight is 1090 g/mol. The van der Waals surface area contributed by atoms with Gasteiger partial charge in [0.15, 0.2) is 6.10 Å². The van der Waals surface area contributed by atoms with Gasteiger partial charge in [0.05, 0.1) is 0 Å². The summed E-state index contributed by atoms with van der Waals surface area (Å²) in [5.74, 6) is -0.936. The second-order valence-corrected chi connectivity index (χ2v) is 22.4. The van der Waals surface area contributed by atoms with Crippen LogP contribution < -0.4 is 0 Å². The molecule has 1 atom stereocenters. The van der Waals surface area contributed by atoms with Gasteiger partial charge in [-0.25, -0.2) is 0 Å². The highest BCUT2D eigenvalue weighted by Gasteiger charge is 2.19. The van der Waals surface area contributed by atoms with E-state index in [4.69, 9.17) is 14.2 Å². The summed E-state index contributed by atoms with van der Waals surface area (Å²) < 4.78 is 16.9. The van der Waals surface area contributed by atoms with E-state index >= 15 is 0 Å². The Morgan fingerprint density at radius 3 is 0.859 bits per heavy atom. The van der Waals surface area contributed by atoms with Gasteiger partial charge >= 0.3 is 17.9 Å². The fraction of sp³-hybridized carbons (Fsp3) is 0.764. The van der Waals surface area contributed by atoms with Crippen LogP contribution in [0.5, 0.6) is 0 Å². The number of hydrogen-bond donors (Lipinski definition) is 0. The molecule has 0 bridgehead atoms. The Bertz CT molecular complexity index is 1480. The molecule has 6 heteroatoms. The van der Waals surface area contributed by atoms with E-state index in [1.165, 1.54) is 186 Å². The number of hydrogen-bond acceptors (Lipinski definition) is 6. The Kier molecular flexibility index (Phi) is 63.2. The van der Waals surface area contributed by atoms with E-state index in [9.17, 15) is 14.4 Å². The largest absolute Gasteiger partial charge is 0.462 e. The SMILES string of the molecule is CC/C=C\C/C=C\C/C=C\C/C=C\C/C=C\C/C=C\CCCCC(=O)OC(COC(=O)CCCCCCC/C=C\CCCC)COC(=O)CCCCCCCCCCCCCCCCCCCCCCCCCCCCCC. The van der Waals surface area contributed by atoms with Crippen LogP contribution in [0.2, 0.25) is 0 Å². The predicted octanol–water partition coefficient (Wildman–Crippen LogP) is 23.1. The molecular weight excluding hydrogens is 961 g/mol. The lowest BCUT2D eigenvalue weighted by Crippen LogP contribution is -2.30. The molecule has 0 amide bonds. The molecule has 0 heterocycles. The van der Waals surface area contributed by atoms with E-state index in [2.05, 4.69) is 106 Å². The zero-order valence-corrected chi connectivity index (χ0v) is 51.7. The van der Waals surface area contributed by atoms with E-state index < -0.39 is 6.10 Å².